The van der Waals surface area contributed by atoms with Crippen LogP contribution in [-0.2, 0) is 19.2 Å². The van der Waals surface area contributed by atoms with E-state index in [0.717, 1.165) is 4.90 Å². The van der Waals surface area contributed by atoms with Crippen LogP contribution in [0.1, 0.15) is 59.8 Å². The van der Waals surface area contributed by atoms with E-state index in [4.69, 9.17) is 28.7 Å². The molecule has 0 aromatic rings. The summed E-state index contributed by atoms with van der Waals surface area (Å²) >= 11 is 0. The standard InChI is InChI=1S/C21H40N6O4/c1-12(2)11-16(24)18(30)21(17(29)15(23)7-5-6-9-22)14(13(3)28)8-10-27(21)19(31)20(4,25)26/h12,14-16H,5-11,22-26H2,1-4H3. The van der Waals surface area contributed by atoms with Crippen LogP contribution < -0.4 is 28.7 Å². The number of hydrogen-bond donors (Lipinski definition) is 5. The number of amides is 1. The van der Waals surface area contributed by atoms with E-state index >= 15 is 0 Å². The Kier molecular flexibility index (Phi) is 9.46. The molecule has 10 N–H and O–H groups in total. The number of hydrogen-bond acceptors (Lipinski definition) is 9. The van der Waals surface area contributed by atoms with Crippen molar-refractivity contribution >= 4 is 23.3 Å². The van der Waals surface area contributed by atoms with Gasteiger partial charge in [-0.3, -0.25) is 19.2 Å². The van der Waals surface area contributed by atoms with E-state index in [1.807, 2.05) is 13.8 Å². The predicted octanol–water partition coefficient (Wildman–Crippen LogP) is -1.24. The van der Waals surface area contributed by atoms with E-state index in [2.05, 4.69) is 0 Å². The summed E-state index contributed by atoms with van der Waals surface area (Å²) in [6.07, 6.45) is 1.89. The van der Waals surface area contributed by atoms with Crippen LogP contribution in [0.25, 0.3) is 0 Å². The quantitative estimate of drug-likeness (QED) is 0.140. The molecule has 178 valence electrons. The van der Waals surface area contributed by atoms with Gasteiger partial charge in [0.1, 0.15) is 11.4 Å². The first-order valence-electron chi connectivity index (χ1n) is 10.9. The fourth-order valence-corrected chi connectivity index (χ4v) is 4.43. The number of carbonyl (C=O) groups is 4. The summed E-state index contributed by atoms with van der Waals surface area (Å²) in [5.41, 5.74) is 25.6. The van der Waals surface area contributed by atoms with Crippen LogP contribution in [0.2, 0.25) is 0 Å². The highest BCUT2D eigenvalue weighted by Gasteiger charge is 2.64. The van der Waals surface area contributed by atoms with Crippen molar-refractivity contribution in [3.05, 3.63) is 0 Å². The van der Waals surface area contributed by atoms with Crippen molar-refractivity contribution in [2.75, 3.05) is 13.1 Å². The summed E-state index contributed by atoms with van der Waals surface area (Å²) in [5.74, 6) is -3.57. The zero-order chi connectivity index (χ0) is 24.1. The van der Waals surface area contributed by atoms with Gasteiger partial charge in [0.05, 0.1) is 18.0 Å². The Labute approximate surface area is 184 Å². The van der Waals surface area contributed by atoms with Gasteiger partial charge in [-0.25, -0.2) is 0 Å². The SMILES string of the molecule is CC(=O)C1CCN(C(=O)C(C)(N)N)C1(C(=O)C(N)CCCCN)C(=O)C(N)CC(C)C. The maximum absolute atomic E-state index is 13.8. The van der Waals surface area contributed by atoms with Crippen molar-refractivity contribution in [2.24, 2.45) is 40.5 Å². The molecule has 0 radical (unpaired) electrons. The normalized spacial score (nSPS) is 23.7. The Morgan fingerprint density at radius 1 is 1.06 bits per heavy atom. The molecule has 1 aliphatic heterocycles. The van der Waals surface area contributed by atoms with Gasteiger partial charge in [0, 0.05) is 6.54 Å². The number of Topliss-reactive ketones (excluding diaryl/α,β-unsaturated/α-hetero) is 3. The van der Waals surface area contributed by atoms with Gasteiger partial charge in [-0.2, -0.15) is 0 Å². The molecule has 4 unspecified atom stereocenters. The number of rotatable bonds is 12. The number of likely N-dealkylation sites (tertiary alicyclic amines) is 1. The minimum absolute atomic E-state index is 0.0194. The predicted molar refractivity (Wildman–Crippen MR) is 118 cm³/mol. The summed E-state index contributed by atoms with van der Waals surface area (Å²) in [5, 5.41) is 0. The molecule has 10 nitrogen and oxygen atoms in total. The Balaban J connectivity index is 3.64. The number of nitrogens with zero attached hydrogens (tertiary/aromatic N) is 1. The highest BCUT2D eigenvalue weighted by Crippen LogP contribution is 2.40. The van der Waals surface area contributed by atoms with Gasteiger partial charge in [0.2, 0.25) is 0 Å². The molecule has 1 saturated heterocycles. The molecule has 1 fully saturated rings. The first-order valence-corrected chi connectivity index (χ1v) is 10.9. The van der Waals surface area contributed by atoms with E-state index < -0.39 is 52.5 Å². The van der Waals surface area contributed by atoms with Crippen molar-refractivity contribution in [3.8, 4) is 0 Å². The van der Waals surface area contributed by atoms with Crippen LogP contribution in [0.3, 0.4) is 0 Å². The molecule has 0 aromatic carbocycles. The largest absolute Gasteiger partial charge is 0.330 e. The molecular weight excluding hydrogens is 400 g/mol. The number of nitrogens with two attached hydrogens (primary N) is 5. The highest BCUT2D eigenvalue weighted by molar-refractivity contribution is 6.20. The first-order chi connectivity index (χ1) is 14.2. The van der Waals surface area contributed by atoms with Crippen molar-refractivity contribution in [1.82, 2.24) is 4.90 Å². The van der Waals surface area contributed by atoms with Gasteiger partial charge in [-0.15, -0.1) is 0 Å². The third kappa shape index (κ3) is 5.75. The van der Waals surface area contributed by atoms with Crippen molar-refractivity contribution < 1.29 is 19.2 Å². The summed E-state index contributed by atoms with van der Waals surface area (Å²) in [6.45, 7) is 6.77. The molecule has 0 aliphatic carbocycles. The zero-order valence-electron chi connectivity index (χ0n) is 19.2. The monoisotopic (exact) mass is 440 g/mol. The minimum atomic E-state index is -2.11. The topological polar surface area (TPSA) is 202 Å². The van der Waals surface area contributed by atoms with Crippen LogP contribution in [-0.4, -0.2) is 64.5 Å². The van der Waals surface area contributed by atoms with Crippen molar-refractivity contribution in [3.63, 3.8) is 0 Å². The molecule has 1 amide bonds. The summed E-state index contributed by atoms with van der Waals surface area (Å²) < 4.78 is 0. The minimum Gasteiger partial charge on any atom is -0.330 e. The molecule has 1 rings (SSSR count). The second-order valence-corrected chi connectivity index (χ2v) is 9.31. The Morgan fingerprint density at radius 2 is 1.61 bits per heavy atom. The lowest BCUT2D eigenvalue weighted by Gasteiger charge is -2.43. The average Bonchev–Trinajstić information content (AvgIpc) is 3.05. The molecule has 31 heavy (non-hydrogen) atoms. The second-order valence-electron chi connectivity index (χ2n) is 9.31. The third-order valence-corrected chi connectivity index (χ3v) is 5.89. The lowest BCUT2D eigenvalue weighted by molar-refractivity contribution is -0.159. The van der Waals surface area contributed by atoms with Gasteiger partial charge < -0.3 is 33.6 Å². The number of unbranched alkanes of at least 4 members (excludes halogenated alkanes) is 1. The summed E-state index contributed by atoms with van der Waals surface area (Å²) in [7, 11) is 0. The smallest absolute Gasteiger partial charge is 0.258 e. The second kappa shape index (κ2) is 10.7. The lowest BCUT2D eigenvalue weighted by Crippen LogP contribution is -2.73. The Bertz CT molecular complexity index is 690. The van der Waals surface area contributed by atoms with E-state index in [1.54, 1.807) is 0 Å². The number of carbonyl (C=O) groups excluding carboxylic acids is 4. The van der Waals surface area contributed by atoms with E-state index in [1.165, 1.54) is 13.8 Å². The maximum Gasteiger partial charge on any atom is 0.258 e. The van der Waals surface area contributed by atoms with Gasteiger partial charge in [-0.1, -0.05) is 20.3 Å². The lowest BCUT2D eigenvalue weighted by atomic mass is 9.70. The molecule has 4 atom stereocenters. The van der Waals surface area contributed by atoms with Gasteiger partial charge >= 0.3 is 0 Å². The fraction of sp³-hybridized carbons (Fsp3) is 0.810. The summed E-state index contributed by atoms with van der Waals surface area (Å²) in [4.78, 5) is 54.4. The van der Waals surface area contributed by atoms with E-state index in [-0.39, 0.29) is 31.7 Å². The molecule has 1 heterocycles. The van der Waals surface area contributed by atoms with Crippen molar-refractivity contribution in [1.29, 1.82) is 0 Å². The third-order valence-electron chi connectivity index (χ3n) is 5.89. The molecular formula is C21H40N6O4. The molecule has 0 spiro atoms. The highest BCUT2D eigenvalue weighted by atomic mass is 16.2. The van der Waals surface area contributed by atoms with Crippen LogP contribution >= 0.6 is 0 Å². The van der Waals surface area contributed by atoms with Gasteiger partial charge in [-0.05, 0) is 52.0 Å². The zero-order valence-corrected chi connectivity index (χ0v) is 19.2. The van der Waals surface area contributed by atoms with Crippen LogP contribution in [0.4, 0.5) is 0 Å². The Hall–Kier alpha value is -1.72. The maximum atomic E-state index is 13.8. The first kappa shape index (κ1) is 27.3. The van der Waals surface area contributed by atoms with Crippen molar-refractivity contribution in [2.45, 2.75) is 83.1 Å². The number of ketones is 3. The van der Waals surface area contributed by atoms with E-state index in [0.29, 0.717) is 19.4 Å². The molecule has 10 heteroatoms. The van der Waals surface area contributed by atoms with Gasteiger partial charge in [0.25, 0.3) is 5.91 Å². The fourth-order valence-electron chi connectivity index (χ4n) is 4.43. The average molecular weight is 441 g/mol. The van der Waals surface area contributed by atoms with E-state index in [9.17, 15) is 19.2 Å². The molecule has 0 aromatic heterocycles. The van der Waals surface area contributed by atoms with Crippen LogP contribution in [0, 0.1) is 11.8 Å². The van der Waals surface area contributed by atoms with Crippen LogP contribution in [0.15, 0.2) is 0 Å². The molecule has 0 saturated carbocycles. The molecule has 1 aliphatic rings. The Morgan fingerprint density at radius 3 is 2.06 bits per heavy atom. The summed E-state index contributed by atoms with van der Waals surface area (Å²) in [6, 6.07) is -2.13. The van der Waals surface area contributed by atoms with Gasteiger partial charge in [0.15, 0.2) is 17.1 Å². The molecule has 0 bridgehead atoms. The van der Waals surface area contributed by atoms with Crippen LogP contribution in [0.5, 0.6) is 0 Å².